The maximum Gasteiger partial charge on any atom is 0.307 e. The molecule has 0 amide bonds. The summed E-state index contributed by atoms with van der Waals surface area (Å²) in [5.41, 5.74) is 2.41. The molecular formula is C15H16N2O2. The highest BCUT2D eigenvalue weighted by Gasteiger charge is 1.99. The molecule has 1 aromatic rings. The third-order valence-electron chi connectivity index (χ3n) is 2.40. The molecule has 4 heteroatoms. The van der Waals surface area contributed by atoms with Crippen LogP contribution >= 0.6 is 0 Å². The molecule has 1 aromatic carbocycles. The van der Waals surface area contributed by atoms with Gasteiger partial charge in [-0.1, -0.05) is 18.1 Å². The smallest absolute Gasteiger partial charge is 0.307 e. The largest absolute Gasteiger partial charge is 0.481 e. The Kier molecular flexibility index (Phi) is 5.90. The van der Waals surface area contributed by atoms with Gasteiger partial charge in [-0.3, -0.25) is 4.79 Å². The fourth-order valence-corrected chi connectivity index (χ4v) is 1.41. The van der Waals surface area contributed by atoms with Crippen LogP contribution in [0, 0.1) is 12.3 Å². The highest BCUT2D eigenvalue weighted by atomic mass is 16.4. The number of nitrogens with zero attached hydrogens (tertiary/aromatic N) is 1. The Balaban J connectivity index is 2.65. The van der Waals surface area contributed by atoms with E-state index in [9.17, 15) is 4.79 Å². The van der Waals surface area contributed by atoms with Crippen LogP contribution in [0.3, 0.4) is 0 Å². The fraction of sp³-hybridized carbons (Fsp3) is 0.200. The molecule has 19 heavy (non-hydrogen) atoms. The van der Waals surface area contributed by atoms with Crippen LogP contribution in [0.25, 0.3) is 0 Å². The second-order valence-electron chi connectivity index (χ2n) is 3.87. The molecule has 0 fully saturated rings. The van der Waals surface area contributed by atoms with Crippen LogP contribution in [-0.2, 0) is 11.2 Å². The van der Waals surface area contributed by atoms with Crippen LogP contribution in [0.5, 0.6) is 0 Å². The van der Waals surface area contributed by atoms with Gasteiger partial charge < -0.3 is 15.4 Å². The number of carboxylic acids is 1. The van der Waals surface area contributed by atoms with Crippen molar-refractivity contribution in [3.8, 4) is 12.3 Å². The van der Waals surface area contributed by atoms with Gasteiger partial charge in [0, 0.05) is 37.1 Å². The van der Waals surface area contributed by atoms with Gasteiger partial charge in [0.25, 0.3) is 0 Å². The molecular weight excluding hydrogens is 240 g/mol. The van der Waals surface area contributed by atoms with Crippen molar-refractivity contribution in [3.05, 3.63) is 41.6 Å². The zero-order chi connectivity index (χ0) is 14.1. The third kappa shape index (κ3) is 5.55. The normalized spacial score (nSPS) is 11.3. The van der Waals surface area contributed by atoms with Crippen molar-refractivity contribution in [2.45, 2.75) is 12.8 Å². The van der Waals surface area contributed by atoms with E-state index in [0.717, 1.165) is 16.8 Å². The van der Waals surface area contributed by atoms with Crippen molar-refractivity contribution in [1.82, 2.24) is 0 Å². The number of nitrogens with one attached hydrogen (secondary N) is 1. The maximum atomic E-state index is 10.5. The molecule has 2 N–H and O–H groups in total. The summed E-state index contributed by atoms with van der Waals surface area (Å²) in [7, 11) is 1.70. The first-order valence-corrected chi connectivity index (χ1v) is 5.79. The molecule has 0 radical (unpaired) electrons. The van der Waals surface area contributed by atoms with Gasteiger partial charge in [-0.2, -0.15) is 0 Å². The van der Waals surface area contributed by atoms with E-state index in [4.69, 9.17) is 11.5 Å². The molecule has 0 spiro atoms. The fourth-order valence-electron chi connectivity index (χ4n) is 1.41. The second kappa shape index (κ2) is 7.72. The minimum absolute atomic E-state index is 0.0265. The summed E-state index contributed by atoms with van der Waals surface area (Å²) in [5.74, 6) is 1.74. The number of hydrogen-bond acceptors (Lipinski definition) is 3. The van der Waals surface area contributed by atoms with Crippen molar-refractivity contribution in [1.29, 1.82) is 0 Å². The summed E-state index contributed by atoms with van der Waals surface area (Å²) < 4.78 is 0. The van der Waals surface area contributed by atoms with E-state index in [1.807, 2.05) is 12.1 Å². The quantitative estimate of drug-likeness (QED) is 0.606. The molecule has 1 rings (SSSR count). The third-order valence-corrected chi connectivity index (χ3v) is 2.40. The Morgan fingerprint density at radius 2 is 2.16 bits per heavy atom. The molecule has 4 nitrogen and oxygen atoms in total. The van der Waals surface area contributed by atoms with Gasteiger partial charge in [0.2, 0.25) is 0 Å². The Morgan fingerprint density at radius 1 is 1.47 bits per heavy atom. The van der Waals surface area contributed by atoms with Crippen LogP contribution < -0.4 is 5.32 Å². The number of carboxylic acid groups (broad SMARTS) is 1. The van der Waals surface area contributed by atoms with Crippen molar-refractivity contribution >= 4 is 17.9 Å². The van der Waals surface area contributed by atoms with Crippen molar-refractivity contribution < 1.29 is 9.90 Å². The Morgan fingerprint density at radius 3 is 2.68 bits per heavy atom. The molecule has 0 aromatic heterocycles. The molecule has 0 aliphatic rings. The van der Waals surface area contributed by atoms with Gasteiger partial charge in [-0.15, -0.1) is 6.42 Å². The highest BCUT2D eigenvalue weighted by Crippen LogP contribution is 2.11. The van der Waals surface area contributed by atoms with E-state index in [2.05, 4.69) is 16.2 Å². The predicted octanol–water partition coefficient (Wildman–Crippen LogP) is 2.33. The van der Waals surface area contributed by atoms with Crippen LogP contribution in [0.15, 0.2) is 41.0 Å². The van der Waals surface area contributed by atoms with Crippen molar-refractivity contribution in [3.63, 3.8) is 0 Å². The molecule has 0 aliphatic heterocycles. The highest BCUT2D eigenvalue weighted by molar-refractivity contribution is 5.70. The van der Waals surface area contributed by atoms with Crippen LogP contribution in [0.2, 0.25) is 0 Å². The molecule has 0 aliphatic carbocycles. The molecule has 0 heterocycles. The number of allylic oxidation sites excluding steroid dienone is 1. The molecule has 98 valence electrons. The number of aliphatic carboxylic acids is 1. The van der Waals surface area contributed by atoms with Gasteiger partial charge >= 0.3 is 5.97 Å². The van der Waals surface area contributed by atoms with Gasteiger partial charge in [0.15, 0.2) is 0 Å². The van der Waals surface area contributed by atoms with Gasteiger partial charge in [-0.05, 0) is 17.7 Å². The summed E-state index contributed by atoms with van der Waals surface area (Å²) in [6.45, 7) is 0. The molecule has 0 bridgehead atoms. The number of carbonyl (C=O) groups is 1. The van der Waals surface area contributed by atoms with Crippen LogP contribution in [-0.4, -0.2) is 24.3 Å². The van der Waals surface area contributed by atoms with Gasteiger partial charge in [0.1, 0.15) is 0 Å². The zero-order valence-electron chi connectivity index (χ0n) is 10.8. The Bertz CT molecular complexity index is 522. The average molecular weight is 256 g/mol. The minimum atomic E-state index is -0.839. The SMILES string of the molecule is C#C/C(=C\Nc1ccc(CC(=O)O)cc1)CC=NC. The summed E-state index contributed by atoms with van der Waals surface area (Å²) >= 11 is 0. The predicted molar refractivity (Wildman–Crippen MR) is 77.4 cm³/mol. The maximum absolute atomic E-state index is 10.5. The lowest BCUT2D eigenvalue weighted by Crippen LogP contribution is -2.00. The van der Waals surface area contributed by atoms with E-state index in [0.29, 0.717) is 6.42 Å². The van der Waals surface area contributed by atoms with E-state index >= 15 is 0 Å². The number of anilines is 1. The number of rotatable bonds is 6. The Labute approximate surface area is 112 Å². The van der Waals surface area contributed by atoms with Crippen LogP contribution in [0.4, 0.5) is 5.69 Å². The van der Waals surface area contributed by atoms with Gasteiger partial charge in [-0.25, -0.2) is 0 Å². The van der Waals surface area contributed by atoms with E-state index in [-0.39, 0.29) is 6.42 Å². The number of aliphatic imine (C=N–C) groups is 1. The summed E-state index contributed by atoms with van der Waals surface area (Å²) in [6, 6.07) is 7.17. The lowest BCUT2D eigenvalue weighted by atomic mass is 10.1. The monoisotopic (exact) mass is 256 g/mol. The lowest BCUT2D eigenvalue weighted by molar-refractivity contribution is -0.136. The number of benzene rings is 1. The molecule has 0 unspecified atom stereocenters. The first-order valence-electron chi connectivity index (χ1n) is 5.79. The standard InChI is InChI=1S/C15H16N2O2/c1-3-12(8-9-16-2)11-17-14-6-4-13(5-7-14)10-15(18)19/h1,4-7,9,11,17H,8,10H2,2H3,(H,18,19)/b12-11+,16-9?. The minimum Gasteiger partial charge on any atom is -0.481 e. The average Bonchev–Trinajstić information content (AvgIpc) is 2.40. The first-order chi connectivity index (χ1) is 9.15. The topological polar surface area (TPSA) is 61.7 Å². The van der Waals surface area contributed by atoms with Crippen molar-refractivity contribution in [2.24, 2.45) is 4.99 Å². The van der Waals surface area contributed by atoms with E-state index in [1.165, 1.54) is 0 Å². The molecule has 0 atom stereocenters. The van der Waals surface area contributed by atoms with Crippen LogP contribution in [0.1, 0.15) is 12.0 Å². The van der Waals surface area contributed by atoms with Crippen molar-refractivity contribution in [2.75, 3.05) is 12.4 Å². The van der Waals surface area contributed by atoms with Gasteiger partial charge in [0.05, 0.1) is 6.42 Å². The zero-order valence-corrected chi connectivity index (χ0v) is 10.8. The Hall–Kier alpha value is -2.54. The number of terminal acetylenes is 1. The van der Waals surface area contributed by atoms with E-state index < -0.39 is 5.97 Å². The molecule has 0 saturated heterocycles. The summed E-state index contributed by atoms with van der Waals surface area (Å²) in [6.07, 6.45) is 9.49. The number of hydrogen-bond donors (Lipinski definition) is 2. The summed E-state index contributed by atoms with van der Waals surface area (Å²) in [5, 5.41) is 11.7. The summed E-state index contributed by atoms with van der Waals surface area (Å²) in [4.78, 5) is 14.4. The second-order valence-corrected chi connectivity index (χ2v) is 3.87. The lowest BCUT2D eigenvalue weighted by Gasteiger charge is -2.03. The molecule has 0 saturated carbocycles. The first kappa shape index (κ1) is 14.5. The van der Waals surface area contributed by atoms with E-state index in [1.54, 1.807) is 31.6 Å².